The smallest absolute Gasteiger partial charge is 0.389 e. The summed E-state index contributed by atoms with van der Waals surface area (Å²) in [7, 11) is 0. The topological polar surface area (TPSA) is 35.2 Å². The summed E-state index contributed by atoms with van der Waals surface area (Å²) in [5, 5.41) is 0. The molecule has 2 nitrogen and oxygen atoms in total. The number of rotatable bonds is 3. The molecule has 0 amide bonds. The van der Waals surface area contributed by atoms with E-state index in [1.54, 1.807) is 0 Å². The molecule has 0 aliphatic carbocycles. The van der Waals surface area contributed by atoms with Crippen molar-refractivity contribution in [3.05, 3.63) is 29.8 Å². The van der Waals surface area contributed by atoms with Gasteiger partial charge in [-0.2, -0.15) is 13.2 Å². The molecule has 2 rings (SSSR count). The average Bonchev–Trinajstić information content (AvgIpc) is 2.34. The van der Waals surface area contributed by atoms with Gasteiger partial charge in [-0.25, -0.2) is 0 Å². The van der Waals surface area contributed by atoms with Gasteiger partial charge in [0.1, 0.15) is 5.75 Å². The molecular weight excluding hydrogens is 243 g/mol. The Labute approximate surface area is 104 Å². The van der Waals surface area contributed by atoms with Crippen LogP contribution in [0, 0.1) is 5.92 Å². The maximum absolute atomic E-state index is 12.1. The largest absolute Gasteiger partial charge is 0.493 e. The Kier molecular flexibility index (Phi) is 3.80. The molecular formula is C13H16F3NO. The van der Waals surface area contributed by atoms with Crippen LogP contribution in [0.5, 0.6) is 5.75 Å². The molecule has 2 atom stereocenters. The van der Waals surface area contributed by atoms with Crippen LogP contribution in [0.4, 0.5) is 13.2 Å². The lowest BCUT2D eigenvalue weighted by atomic mass is 9.88. The number of hydrogen-bond acceptors (Lipinski definition) is 2. The number of ether oxygens (including phenoxy) is 1. The van der Waals surface area contributed by atoms with E-state index in [2.05, 4.69) is 0 Å². The molecule has 0 radical (unpaired) electrons. The Morgan fingerprint density at radius 1 is 1.33 bits per heavy atom. The van der Waals surface area contributed by atoms with Crippen LogP contribution in [0.2, 0.25) is 0 Å². The number of nitrogens with two attached hydrogens (primary N) is 1. The van der Waals surface area contributed by atoms with E-state index in [-0.39, 0.29) is 12.3 Å². The van der Waals surface area contributed by atoms with Gasteiger partial charge >= 0.3 is 6.18 Å². The number of fused-ring (bicyclic) bond motifs is 1. The van der Waals surface area contributed by atoms with Gasteiger partial charge in [-0.05, 0) is 24.5 Å². The third-order valence-corrected chi connectivity index (χ3v) is 3.27. The van der Waals surface area contributed by atoms with Crippen LogP contribution < -0.4 is 10.5 Å². The van der Waals surface area contributed by atoms with Crippen molar-refractivity contribution in [1.29, 1.82) is 0 Å². The molecule has 1 aliphatic heterocycles. The van der Waals surface area contributed by atoms with Crippen LogP contribution in [0.3, 0.4) is 0 Å². The maximum atomic E-state index is 12.1. The summed E-state index contributed by atoms with van der Waals surface area (Å²) < 4.78 is 41.9. The van der Waals surface area contributed by atoms with Crippen molar-refractivity contribution in [2.45, 2.75) is 31.5 Å². The van der Waals surface area contributed by atoms with E-state index in [9.17, 15) is 13.2 Å². The van der Waals surface area contributed by atoms with Gasteiger partial charge in [0.25, 0.3) is 0 Å². The lowest BCUT2D eigenvalue weighted by molar-refractivity contribution is -0.137. The molecule has 1 heterocycles. The highest BCUT2D eigenvalue weighted by atomic mass is 19.4. The van der Waals surface area contributed by atoms with E-state index >= 15 is 0 Å². The molecule has 0 spiro atoms. The fraction of sp³-hybridized carbons (Fsp3) is 0.538. The zero-order valence-electron chi connectivity index (χ0n) is 9.91. The van der Waals surface area contributed by atoms with Crippen molar-refractivity contribution < 1.29 is 17.9 Å². The summed E-state index contributed by atoms with van der Waals surface area (Å²) in [6.45, 7) is 0.399. The zero-order valence-corrected chi connectivity index (χ0v) is 9.91. The molecule has 100 valence electrons. The monoisotopic (exact) mass is 259 g/mol. The SMILES string of the molecule is NC(CCC(F)(F)F)C1COc2ccccc2C1. The number of hydrogen-bond donors (Lipinski definition) is 1. The predicted molar refractivity (Wildman–Crippen MR) is 62.4 cm³/mol. The lowest BCUT2D eigenvalue weighted by Crippen LogP contribution is -2.38. The van der Waals surface area contributed by atoms with E-state index in [0.29, 0.717) is 13.0 Å². The highest BCUT2D eigenvalue weighted by Crippen LogP contribution is 2.30. The second-order valence-electron chi connectivity index (χ2n) is 4.70. The van der Waals surface area contributed by atoms with E-state index in [1.807, 2.05) is 24.3 Å². The van der Waals surface area contributed by atoms with Gasteiger partial charge in [-0.15, -0.1) is 0 Å². The van der Waals surface area contributed by atoms with Gasteiger partial charge in [-0.3, -0.25) is 0 Å². The van der Waals surface area contributed by atoms with E-state index < -0.39 is 18.6 Å². The number of benzene rings is 1. The van der Waals surface area contributed by atoms with E-state index in [4.69, 9.17) is 10.5 Å². The Hall–Kier alpha value is -1.23. The number of para-hydroxylation sites is 1. The molecule has 0 fully saturated rings. The van der Waals surface area contributed by atoms with Gasteiger partial charge in [-0.1, -0.05) is 18.2 Å². The van der Waals surface area contributed by atoms with E-state index in [0.717, 1.165) is 11.3 Å². The van der Waals surface area contributed by atoms with Crippen molar-refractivity contribution in [2.24, 2.45) is 11.7 Å². The fourth-order valence-electron chi connectivity index (χ4n) is 2.19. The molecule has 1 aliphatic rings. The highest BCUT2D eigenvalue weighted by molar-refractivity contribution is 5.35. The first kappa shape index (κ1) is 13.2. The molecule has 0 saturated heterocycles. The van der Waals surface area contributed by atoms with Crippen LogP contribution in [0.25, 0.3) is 0 Å². The van der Waals surface area contributed by atoms with Crippen LogP contribution in [-0.2, 0) is 6.42 Å². The number of halogens is 3. The minimum atomic E-state index is -4.13. The third-order valence-electron chi connectivity index (χ3n) is 3.27. The minimum absolute atomic E-state index is 0.0396. The maximum Gasteiger partial charge on any atom is 0.389 e. The molecule has 18 heavy (non-hydrogen) atoms. The van der Waals surface area contributed by atoms with Gasteiger partial charge in [0, 0.05) is 18.4 Å². The van der Waals surface area contributed by atoms with Crippen molar-refractivity contribution in [1.82, 2.24) is 0 Å². The van der Waals surface area contributed by atoms with Crippen molar-refractivity contribution in [3.63, 3.8) is 0 Å². The first-order valence-corrected chi connectivity index (χ1v) is 5.99. The zero-order chi connectivity index (χ0) is 13.2. The standard InChI is InChI=1S/C13H16F3NO/c14-13(15,16)6-5-11(17)10-7-9-3-1-2-4-12(9)18-8-10/h1-4,10-11H,5-8,17H2. The Morgan fingerprint density at radius 3 is 2.78 bits per heavy atom. The normalized spacial score (nSPS) is 21.0. The molecule has 1 aromatic rings. The summed E-state index contributed by atoms with van der Waals surface area (Å²) in [5.74, 6) is 0.777. The van der Waals surface area contributed by atoms with Gasteiger partial charge in [0.2, 0.25) is 0 Å². The molecule has 0 saturated carbocycles. The molecule has 2 N–H and O–H groups in total. The summed E-state index contributed by atoms with van der Waals surface area (Å²) >= 11 is 0. The summed E-state index contributed by atoms with van der Waals surface area (Å²) in [6, 6.07) is 7.10. The predicted octanol–water partition coefficient (Wildman–Crippen LogP) is 2.91. The summed E-state index contributed by atoms with van der Waals surface area (Å²) in [6.07, 6.45) is -4.31. The van der Waals surface area contributed by atoms with Crippen molar-refractivity contribution >= 4 is 0 Å². The quantitative estimate of drug-likeness (QED) is 0.905. The highest BCUT2D eigenvalue weighted by Gasteiger charge is 2.31. The summed E-state index contributed by atoms with van der Waals surface area (Å²) in [5.41, 5.74) is 6.86. The first-order valence-electron chi connectivity index (χ1n) is 5.99. The molecule has 1 aromatic carbocycles. The first-order chi connectivity index (χ1) is 8.46. The van der Waals surface area contributed by atoms with Crippen LogP contribution in [0.1, 0.15) is 18.4 Å². The van der Waals surface area contributed by atoms with Crippen LogP contribution in [-0.4, -0.2) is 18.8 Å². The second-order valence-corrected chi connectivity index (χ2v) is 4.70. The lowest BCUT2D eigenvalue weighted by Gasteiger charge is -2.29. The van der Waals surface area contributed by atoms with Gasteiger partial charge in [0.15, 0.2) is 0 Å². The van der Waals surface area contributed by atoms with E-state index in [1.165, 1.54) is 0 Å². The Bertz CT molecular complexity index is 405. The molecule has 0 bridgehead atoms. The molecule has 5 heteroatoms. The van der Waals surface area contributed by atoms with Crippen LogP contribution >= 0.6 is 0 Å². The van der Waals surface area contributed by atoms with Crippen molar-refractivity contribution in [2.75, 3.05) is 6.61 Å². The average molecular weight is 259 g/mol. The molecule has 0 aromatic heterocycles. The van der Waals surface area contributed by atoms with Gasteiger partial charge < -0.3 is 10.5 Å². The van der Waals surface area contributed by atoms with Crippen LogP contribution in [0.15, 0.2) is 24.3 Å². The Morgan fingerprint density at radius 2 is 2.06 bits per heavy atom. The van der Waals surface area contributed by atoms with Gasteiger partial charge in [0.05, 0.1) is 6.61 Å². The van der Waals surface area contributed by atoms with Crippen molar-refractivity contribution in [3.8, 4) is 5.75 Å². The Balaban J connectivity index is 1.92. The second kappa shape index (κ2) is 5.18. The summed E-state index contributed by atoms with van der Waals surface area (Å²) in [4.78, 5) is 0. The fourth-order valence-corrected chi connectivity index (χ4v) is 2.19. The third kappa shape index (κ3) is 3.38. The number of alkyl halides is 3. The minimum Gasteiger partial charge on any atom is -0.493 e. The molecule has 2 unspecified atom stereocenters.